The zero-order chi connectivity index (χ0) is 16.9. The normalized spacial score (nSPS) is 11.8. The Morgan fingerprint density at radius 3 is 2.58 bits per heavy atom. The number of amides is 1. The molecule has 0 aliphatic rings. The number of benzene rings is 2. The fourth-order valence-electron chi connectivity index (χ4n) is 2.51. The molecule has 3 aromatic rings. The first-order valence-corrected chi connectivity index (χ1v) is 7.56. The first-order chi connectivity index (χ1) is 11.6. The Kier molecular flexibility index (Phi) is 4.52. The second-order valence-electron chi connectivity index (χ2n) is 5.46. The van der Waals surface area contributed by atoms with Crippen molar-refractivity contribution in [2.24, 2.45) is 0 Å². The standard InChI is InChI=1S/C19H16N2O3/c22-18(15-8-9-16-14(12-15)7-4-10-20-16)21-17(19(23)24)11-13-5-2-1-3-6-13/h1-10,12,17H,11H2,(H,21,22)(H,23,24)/t17-/m0/s1. The van der Waals surface area contributed by atoms with E-state index >= 15 is 0 Å². The molecule has 1 atom stereocenters. The molecule has 0 aliphatic heterocycles. The quantitative estimate of drug-likeness (QED) is 0.757. The number of pyridine rings is 1. The van der Waals surface area contributed by atoms with E-state index in [9.17, 15) is 14.7 Å². The minimum absolute atomic E-state index is 0.233. The third-order valence-electron chi connectivity index (χ3n) is 3.75. The molecule has 120 valence electrons. The molecule has 0 saturated heterocycles. The van der Waals surface area contributed by atoms with Crippen molar-refractivity contribution in [1.82, 2.24) is 10.3 Å². The summed E-state index contributed by atoms with van der Waals surface area (Å²) in [5, 5.41) is 12.8. The Bertz CT molecular complexity index is 878. The zero-order valence-electron chi connectivity index (χ0n) is 12.8. The third kappa shape index (κ3) is 3.57. The number of hydrogen-bond acceptors (Lipinski definition) is 3. The smallest absolute Gasteiger partial charge is 0.326 e. The molecule has 0 unspecified atom stereocenters. The van der Waals surface area contributed by atoms with Crippen LogP contribution in [0, 0.1) is 0 Å². The molecule has 0 aliphatic carbocycles. The van der Waals surface area contributed by atoms with Crippen molar-refractivity contribution >= 4 is 22.8 Å². The van der Waals surface area contributed by atoms with Gasteiger partial charge in [-0.3, -0.25) is 9.78 Å². The number of nitrogens with zero attached hydrogens (tertiary/aromatic N) is 1. The van der Waals surface area contributed by atoms with Crippen molar-refractivity contribution in [1.29, 1.82) is 0 Å². The lowest BCUT2D eigenvalue weighted by Crippen LogP contribution is -2.42. The minimum atomic E-state index is -1.06. The van der Waals surface area contributed by atoms with Crippen molar-refractivity contribution in [3.63, 3.8) is 0 Å². The van der Waals surface area contributed by atoms with Gasteiger partial charge >= 0.3 is 5.97 Å². The minimum Gasteiger partial charge on any atom is -0.480 e. The summed E-state index contributed by atoms with van der Waals surface area (Å²) in [5.74, 6) is -1.47. The van der Waals surface area contributed by atoms with Crippen LogP contribution in [0.1, 0.15) is 15.9 Å². The number of fused-ring (bicyclic) bond motifs is 1. The van der Waals surface area contributed by atoms with E-state index < -0.39 is 17.9 Å². The topological polar surface area (TPSA) is 79.3 Å². The van der Waals surface area contributed by atoms with E-state index in [0.29, 0.717) is 5.56 Å². The fourth-order valence-corrected chi connectivity index (χ4v) is 2.51. The van der Waals surface area contributed by atoms with Gasteiger partial charge in [-0.05, 0) is 29.8 Å². The van der Waals surface area contributed by atoms with Crippen LogP contribution in [0.2, 0.25) is 0 Å². The van der Waals surface area contributed by atoms with Crippen LogP contribution in [0.5, 0.6) is 0 Å². The van der Waals surface area contributed by atoms with Crippen LogP contribution >= 0.6 is 0 Å². The van der Waals surface area contributed by atoms with E-state index in [1.165, 1.54) is 0 Å². The van der Waals surface area contributed by atoms with E-state index in [4.69, 9.17) is 0 Å². The Morgan fingerprint density at radius 1 is 1.04 bits per heavy atom. The SMILES string of the molecule is O=C(N[C@@H](Cc1ccccc1)C(=O)O)c1ccc2ncccc2c1. The molecular weight excluding hydrogens is 304 g/mol. The van der Waals surface area contributed by atoms with Gasteiger partial charge in [0.25, 0.3) is 5.91 Å². The molecule has 5 heteroatoms. The lowest BCUT2D eigenvalue weighted by Gasteiger charge is -2.15. The number of carbonyl (C=O) groups excluding carboxylic acids is 1. The Balaban J connectivity index is 1.78. The lowest BCUT2D eigenvalue weighted by atomic mass is 10.0. The maximum Gasteiger partial charge on any atom is 0.326 e. The van der Waals surface area contributed by atoms with Gasteiger partial charge < -0.3 is 10.4 Å². The summed E-state index contributed by atoms with van der Waals surface area (Å²) in [7, 11) is 0. The van der Waals surface area contributed by atoms with E-state index in [-0.39, 0.29) is 6.42 Å². The zero-order valence-corrected chi connectivity index (χ0v) is 12.8. The van der Waals surface area contributed by atoms with Crippen LogP contribution in [0.4, 0.5) is 0 Å². The number of rotatable bonds is 5. The van der Waals surface area contributed by atoms with Crippen LogP contribution < -0.4 is 5.32 Å². The van der Waals surface area contributed by atoms with Crippen molar-refractivity contribution in [3.8, 4) is 0 Å². The Morgan fingerprint density at radius 2 is 1.83 bits per heavy atom. The number of aliphatic carboxylic acids is 1. The molecule has 2 aromatic carbocycles. The second-order valence-corrected chi connectivity index (χ2v) is 5.46. The summed E-state index contributed by atoms with van der Waals surface area (Å²) < 4.78 is 0. The molecule has 1 aromatic heterocycles. The number of carboxylic acids is 1. The molecule has 0 fully saturated rings. The average Bonchev–Trinajstić information content (AvgIpc) is 2.61. The predicted octanol–water partition coefficient (Wildman–Crippen LogP) is 2.66. The molecule has 24 heavy (non-hydrogen) atoms. The molecular formula is C19H16N2O3. The fraction of sp³-hybridized carbons (Fsp3) is 0.105. The average molecular weight is 320 g/mol. The maximum atomic E-state index is 12.4. The van der Waals surface area contributed by atoms with Crippen LogP contribution in [0.25, 0.3) is 10.9 Å². The van der Waals surface area contributed by atoms with E-state index in [1.807, 2.05) is 36.4 Å². The largest absolute Gasteiger partial charge is 0.480 e. The van der Waals surface area contributed by atoms with Gasteiger partial charge in [-0.25, -0.2) is 4.79 Å². The van der Waals surface area contributed by atoms with Gasteiger partial charge in [0.15, 0.2) is 0 Å². The lowest BCUT2D eigenvalue weighted by molar-refractivity contribution is -0.139. The summed E-state index contributed by atoms with van der Waals surface area (Å²) >= 11 is 0. The van der Waals surface area contributed by atoms with Gasteiger partial charge in [-0.15, -0.1) is 0 Å². The molecule has 0 radical (unpaired) electrons. The van der Waals surface area contributed by atoms with Gasteiger partial charge in [0.05, 0.1) is 5.52 Å². The molecule has 0 saturated carbocycles. The number of nitrogens with one attached hydrogen (secondary N) is 1. The van der Waals surface area contributed by atoms with E-state index in [0.717, 1.165) is 16.5 Å². The van der Waals surface area contributed by atoms with Crippen LogP contribution in [0.3, 0.4) is 0 Å². The summed E-state index contributed by atoms with van der Waals surface area (Å²) in [4.78, 5) is 28.1. The van der Waals surface area contributed by atoms with Gasteiger partial charge in [-0.2, -0.15) is 0 Å². The highest BCUT2D eigenvalue weighted by Gasteiger charge is 2.21. The van der Waals surface area contributed by atoms with Crippen LogP contribution in [0.15, 0.2) is 66.9 Å². The number of hydrogen-bond donors (Lipinski definition) is 2. The summed E-state index contributed by atoms with van der Waals surface area (Å²) in [5.41, 5.74) is 2.05. The molecule has 1 amide bonds. The van der Waals surface area contributed by atoms with Crippen molar-refractivity contribution in [2.75, 3.05) is 0 Å². The van der Waals surface area contributed by atoms with Gasteiger partial charge in [-0.1, -0.05) is 36.4 Å². The van der Waals surface area contributed by atoms with Crippen LogP contribution in [-0.2, 0) is 11.2 Å². The summed E-state index contributed by atoms with van der Waals surface area (Å²) in [6, 6.07) is 17.0. The van der Waals surface area contributed by atoms with Gasteiger partial charge in [0.2, 0.25) is 0 Å². The van der Waals surface area contributed by atoms with Crippen molar-refractivity contribution < 1.29 is 14.7 Å². The van der Waals surface area contributed by atoms with Crippen molar-refractivity contribution in [2.45, 2.75) is 12.5 Å². The highest BCUT2D eigenvalue weighted by molar-refractivity contribution is 5.99. The highest BCUT2D eigenvalue weighted by atomic mass is 16.4. The number of carboxylic acid groups (broad SMARTS) is 1. The van der Waals surface area contributed by atoms with Crippen LogP contribution in [-0.4, -0.2) is 28.0 Å². The second kappa shape index (κ2) is 6.91. The molecule has 5 nitrogen and oxygen atoms in total. The molecule has 0 bridgehead atoms. The molecule has 2 N–H and O–H groups in total. The summed E-state index contributed by atoms with van der Waals surface area (Å²) in [6.45, 7) is 0. The molecule has 0 spiro atoms. The number of aromatic nitrogens is 1. The van der Waals surface area contributed by atoms with Gasteiger partial charge in [0, 0.05) is 23.6 Å². The van der Waals surface area contributed by atoms with Gasteiger partial charge in [0.1, 0.15) is 6.04 Å². The molecule has 3 rings (SSSR count). The van der Waals surface area contributed by atoms with E-state index in [2.05, 4.69) is 10.3 Å². The summed E-state index contributed by atoms with van der Waals surface area (Å²) in [6.07, 6.45) is 1.92. The number of carbonyl (C=O) groups is 2. The first-order valence-electron chi connectivity index (χ1n) is 7.56. The molecule has 1 heterocycles. The Labute approximate surface area is 139 Å². The predicted molar refractivity (Wildman–Crippen MR) is 90.8 cm³/mol. The Hall–Kier alpha value is -3.21. The first kappa shape index (κ1) is 15.7. The highest BCUT2D eigenvalue weighted by Crippen LogP contribution is 2.14. The van der Waals surface area contributed by atoms with E-state index in [1.54, 1.807) is 30.5 Å². The monoisotopic (exact) mass is 320 g/mol. The third-order valence-corrected chi connectivity index (χ3v) is 3.75. The van der Waals surface area contributed by atoms with Crippen molar-refractivity contribution in [3.05, 3.63) is 78.0 Å². The maximum absolute atomic E-state index is 12.4.